The van der Waals surface area contributed by atoms with Crippen LogP contribution in [-0.4, -0.2) is 21.9 Å². The summed E-state index contributed by atoms with van der Waals surface area (Å²) in [4.78, 5) is 17.2. The minimum atomic E-state index is -0.143. The third-order valence-corrected chi connectivity index (χ3v) is 3.98. The first-order valence-electron chi connectivity index (χ1n) is 7.34. The van der Waals surface area contributed by atoms with E-state index in [1.807, 2.05) is 53.4 Å². The van der Waals surface area contributed by atoms with E-state index in [1.165, 1.54) is 6.08 Å². The zero-order valence-corrected chi connectivity index (χ0v) is 13.5. The van der Waals surface area contributed by atoms with Gasteiger partial charge in [-0.15, -0.1) is 11.3 Å². The number of nitrogens with zero attached hydrogens (tertiary/aromatic N) is 2. The zero-order valence-electron chi connectivity index (χ0n) is 12.7. The minimum Gasteiger partial charge on any atom is -0.494 e. The molecular weight excluding hydrogens is 310 g/mol. The van der Waals surface area contributed by atoms with Crippen LogP contribution in [-0.2, 0) is 11.3 Å². The van der Waals surface area contributed by atoms with Gasteiger partial charge in [-0.3, -0.25) is 9.20 Å². The maximum Gasteiger partial charge on any atom is 0.244 e. The van der Waals surface area contributed by atoms with Crippen LogP contribution in [0, 0.1) is 0 Å². The molecule has 6 heteroatoms. The second-order valence-electron chi connectivity index (χ2n) is 4.88. The van der Waals surface area contributed by atoms with Crippen LogP contribution in [0.1, 0.15) is 18.2 Å². The van der Waals surface area contributed by atoms with Crippen LogP contribution in [0.3, 0.4) is 0 Å². The van der Waals surface area contributed by atoms with Gasteiger partial charge in [-0.1, -0.05) is 12.1 Å². The van der Waals surface area contributed by atoms with E-state index in [1.54, 1.807) is 17.4 Å². The van der Waals surface area contributed by atoms with Gasteiger partial charge in [-0.25, -0.2) is 4.98 Å². The molecule has 0 aliphatic rings. The highest BCUT2D eigenvalue weighted by Gasteiger charge is 2.03. The standard InChI is InChI=1S/C17H17N3O2S/c1-2-22-15-6-3-13(4-7-15)5-8-16(21)18-11-14-12-20-9-10-23-17(20)19-14/h3-10,12H,2,11H2,1H3,(H,18,21)/b8-5+. The Morgan fingerprint density at radius 1 is 1.39 bits per heavy atom. The highest BCUT2D eigenvalue weighted by molar-refractivity contribution is 7.15. The number of fused-ring (bicyclic) bond motifs is 1. The Balaban J connectivity index is 1.52. The third-order valence-electron chi connectivity index (χ3n) is 3.21. The molecule has 0 spiro atoms. The summed E-state index contributed by atoms with van der Waals surface area (Å²) in [5.74, 6) is 0.684. The summed E-state index contributed by atoms with van der Waals surface area (Å²) >= 11 is 1.57. The first-order chi connectivity index (χ1) is 11.2. The quantitative estimate of drug-likeness (QED) is 0.708. The second kappa shape index (κ2) is 7.11. The van der Waals surface area contributed by atoms with E-state index in [4.69, 9.17) is 4.74 Å². The summed E-state index contributed by atoms with van der Waals surface area (Å²) in [5, 5.41) is 4.81. The maximum absolute atomic E-state index is 11.9. The lowest BCUT2D eigenvalue weighted by Crippen LogP contribution is -2.20. The van der Waals surface area contributed by atoms with Crippen molar-refractivity contribution in [1.29, 1.82) is 0 Å². The predicted octanol–water partition coefficient (Wildman–Crippen LogP) is 3.12. The van der Waals surface area contributed by atoms with Gasteiger partial charge in [0.05, 0.1) is 18.8 Å². The number of carbonyl (C=O) groups is 1. The Morgan fingerprint density at radius 3 is 2.96 bits per heavy atom. The number of aromatic nitrogens is 2. The van der Waals surface area contributed by atoms with Crippen LogP contribution in [0.5, 0.6) is 5.75 Å². The molecule has 3 aromatic rings. The molecular formula is C17H17N3O2S. The second-order valence-corrected chi connectivity index (χ2v) is 5.75. The van der Waals surface area contributed by atoms with Crippen LogP contribution in [0.15, 0.2) is 48.1 Å². The maximum atomic E-state index is 11.9. The van der Waals surface area contributed by atoms with Gasteiger partial charge < -0.3 is 10.1 Å². The summed E-state index contributed by atoms with van der Waals surface area (Å²) in [6.45, 7) is 3.01. The van der Waals surface area contributed by atoms with Crippen molar-refractivity contribution < 1.29 is 9.53 Å². The highest BCUT2D eigenvalue weighted by Crippen LogP contribution is 2.13. The van der Waals surface area contributed by atoms with Gasteiger partial charge in [-0.2, -0.15) is 0 Å². The molecule has 0 radical (unpaired) electrons. The number of hydrogen-bond acceptors (Lipinski definition) is 4. The average molecular weight is 327 g/mol. The molecule has 1 amide bonds. The van der Waals surface area contributed by atoms with Crippen molar-refractivity contribution in [3.63, 3.8) is 0 Å². The van der Waals surface area contributed by atoms with E-state index in [0.29, 0.717) is 13.2 Å². The lowest BCUT2D eigenvalue weighted by atomic mass is 10.2. The molecule has 0 saturated carbocycles. The average Bonchev–Trinajstić information content (AvgIpc) is 3.14. The van der Waals surface area contributed by atoms with Crippen molar-refractivity contribution in [2.45, 2.75) is 13.5 Å². The number of hydrogen-bond donors (Lipinski definition) is 1. The number of benzene rings is 1. The molecule has 0 bridgehead atoms. The van der Waals surface area contributed by atoms with Crippen molar-refractivity contribution in [3.05, 3.63) is 59.4 Å². The number of ether oxygens (including phenoxy) is 1. The fourth-order valence-electron chi connectivity index (χ4n) is 2.11. The molecule has 23 heavy (non-hydrogen) atoms. The van der Waals surface area contributed by atoms with Crippen LogP contribution in [0.25, 0.3) is 11.0 Å². The Morgan fingerprint density at radius 2 is 2.22 bits per heavy atom. The number of carbonyl (C=O) groups excluding carboxylic acids is 1. The van der Waals surface area contributed by atoms with Crippen molar-refractivity contribution in [1.82, 2.24) is 14.7 Å². The van der Waals surface area contributed by atoms with Crippen molar-refractivity contribution in [2.24, 2.45) is 0 Å². The van der Waals surface area contributed by atoms with Crippen LogP contribution >= 0.6 is 11.3 Å². The Hall–Kier alpha value is -2.60. The van der Waals surface area contributed by atoms with Gasteiger partial charge in [0.25, 0.3) is 0 Å². The molecule has 0 saturated heterocycles. The molecule has 0 aliphatic carbocycles. The molecule has 0 aliphatic heterocycles. The van der Waals surface area contributed by atoms with E-state index < -0.39 is 0 Å². The molecule has 1 aromatic carbocycles. The van der Waals surface area contributed by atoms with Crippen LogP contribution < -0.4 is 10.1 Å². The van der Waals surface area contributed by atoms with E-state index >= 15 is 0 Å². The van der Waals surface area contributed by atoms with E-state index in [0.717, 1.165) is 22.0 Å². The van der Waals surface area contributed by atoms with Crippen LogP contribution in [0.4, 0.5) is 0 Å². The number of amides is 1. The first-order valence-corrected chi connectivity index (χ1v) is 8.22. The van der Waals surface area contributed by atoms with Crippen molar-refractivity contribution in [2.75, 3.05) is 6.61 Å². The normalized spacial score (nSPS) is 11.2. The molecule has 2 aromatic heterocycles. The van der Waals surface area contributed by atoms with Crippen LogP contribution in [0.2, 0.25) is 0 Å². The molecule has 0 fully saturated rings. The summed E-state index contributed by atoms with van der Waals surface area (Å²) < 4.78 is 7.33. The molecule has 0 unspecified atom stereocenters. The van der Waals surface area contributed by atoms with Crippen molar-refractivity contribution >= 4 is 28.3 Å². The number of thiazole rings is 1. The topological polar surface area (TPSA) is 55.6 Å². The smallest absolute Gasteiger partial charge is 0.244 e. The van der Waals surface area contributed by atoms with E-state index in [2.05, 4.69) is 10.3 Å². The lowest BCUT2D eigenvalue weighted by molar-refractivity contribution is -0.116. The molecule has 118 valence electrons. The number of nitrogens with one attached hydrogen (secondary N) is 1. The summed E-state index contributed by atoms with van der Waals surface area (Å²) in [7, 11) is 0. The highest BCUT2D eigenvalue weighted by atomic mass is 32.1. The Labute approximate surface area is 138 Å². The molecule has 2 heterocycles. The molecule has 1 N–H and O–H groups in total. The Kier molecular flexibility index (Phi) is 4.73. The minimum absolute atomic E-state index is 0.143. The van der Waals surface area contributed by atoms with Crippen molar-refractivity contribution in [3.8, 4) is 5.75 Å². The molecule has 5 nitrogen and oxygen atoms in total. The van der Waals surface area contributed by atoms with Gasteiger partial charge in [-0.05, 0) is 30.7 Å². The SMILES string of the molecule is CCOc1ccc(/C=C/C(=O)NCc2cn3ccsc3n2)cc1. The predicted molar refractivity (Wildman–Crippen MR) is 91.6 cm³/mol. The summed E-state index contributed by atoms with van der Waals surface area (Å²) in [6.07, 6.45) is 7.16. The van der Waals surface area contributed by atoms with Gasteiger partial charge >= 0.3 is 0 Å². The number of imidazole rings is 1. The molecule has 3 rings (SSSR count). The third kappa shape index (κ3) is 3.98. The largest absolute Gasteiger partial charge is 0.494 e. The first kappa shape index (κ1) is 15.3. The zero-order chi connectivity index (χ0) is 16.1. The van der Waals surface area contributed by atoms with Gasteiger partial charge in [0.15, 0.2) is 4.96 Å². The lowest BCUT2D eigenvalue weighted by Gasteiger charge is -2.02. The fraction of sp³-hybridized carbons (Fsp3) is 0.176. The van der Waals surface area contributed by atoms with E-state index in [-0.39, 0.29) is 5.91 Å². The summed E-state index contributed by atoms with van der Waals surface area (Å²) in [5.41, 5.74) is 1.80. The van der Waals surface area contributed by atoms with Gasteiger partial charge in [0.2, 0.25) is 5.91 Å². The monoisotopic (exact) mass is 327 g/mol. The number of rotatable bonds is 6. The van der Waals surface area contributed by atoms with E-state index in [9.17, 15) is 4.79 Å². The Bertz CT molecular complexity index is 789. The fourth-order valence-corrected chi connectivity index (χ4v) is 2.83. The van der Waals surface area contributed by atoms with Gasteiger partial charge in [0, 0.05) is 23.8 Å². The molecule has 0 atom stereocenters. The van der Waals surface area contributed by atoms with Gasteiger partial charge in [0.1, 0.15) is 5.75 Å². The summed E-state index contributed by atoms with van der Waals surface area (Å²) in [6, 6.07) is 7.61.